The van der Waals surface area contributed by atoms with Crippen LogP contribution >= 0.6 is 15.9 Å². The highest BCUT2D eigenvalue weighted by molar-refractivity contribution is 9.10. The molecule has 6 heterocycles. The molecule has 14 heteroatoms. The summed E-state index contributed by atoms with van der Waals surface area (Å²) in [6.45, 7) is 0. The number of aromatic nitrogens is 8. The van der Waals surface area contributed by atoms with Gasteiger partial charge in [-0.05, 0) is 52.3 Å². The maximum Gasteiger partial charge on any atom is 0.258 e. The first-order valence-corrected chi connectivity index (χ1v) is 17.1. The van der Waals surface area contributed by atoms with Crippen molar-refractivity contribution in [2.24, 2.45) is 0 Å². The Hall–Kier alpha value is -6.54. The number of methoxy groups -OCH3 is 4. The maximum absolute atomic E-state index is 5.41. The molecule has 8 aromatic rings. The number of ether oxygens (including phenoxy) is 4. The second-order valence-electron chi connectivity index (χ2n) is 11.2. The molecule has 6 aromatic heterocycles. The van der Waals surface area contributed by atoms with E-state index in [1.807, 2.05) is 91.3 Å². The zero-order valence-corrected chi connectivity index (χ0v) is 31.0. The second kappa shape index (κ2) is 17.1. The number of nitrogens with two attached hydrogens (primary N) is 1. The molecule has 8 rings (SSSR count). The van der Waals surface area contributed by atoms with E-state index in [1.165, 1.54) is 7.11 Å². The van der Waals surface area contributed by atoms with Gasteiger partial charge in [-0.1, -0.05) is 60.7 Å². The van der Waals surface area contributed by atoms with Gasteiger partial charge in [0, 0.05) is 53.6 Å². The van der Waals surface area contributed by atoms with Gasteiger partial charge < -0.3 is 24.7 Å². The van der Waals surface area contributed by atoms with Crippen LogP contribution in [0.3, 0.4) is 0 Å². The van der Waals surface area contributed by atoms with Crippen molar-refractivity contribution >= 4 is 33.0 Å². The number of benzene rings is 2. The minimum absolute atomic E-state index is 0.410. The summed E-state index contributed by atoms with van der Waals surface area (Å²) in [6, 6.07) is 31.4. The molecule has 2 aromatic carbocycles. The van der Waals surface area contributed by atoms with Crippen LogP contribution in [-0.4, -0.2) is 67.6 Å². The van der Waals surface area contributed by atoms with Crippen LogP contribution in [0.4, 0.5) is 5.82 Å². The molecule has 0 atom stereocenters. The lowest BCUT2D eigenvalue weighted by Gasteiger charge is -2.10. The topological polar surface area (TPSA) is 149 Å². The number of rotatable bonds is 8. The highest BCUT2D eigenvalue weighted by Gasteiger charge is 2.13. The SMILES string of the molecule is Brc1cc(-c2ccccc2)nn2ccnc12.COc1ccc(Cc2cc(-c3ccccc3)nn3ccnc23)nc1OC.COc1ccc(N)nc1OC. The van der Waals surface area contributed by atoms with Gasteiger partial charge in [-0.3, -0.25) is 0 Å². The normalized spacial score (nSPS) is 10.5. The first-order valence-electron chi connectivity index (χ1n) is 16.3. The van der Waals surface area contributed by atoms with Crippen molar-refractivity contribution in [2.75, 3.05) is 34.2 Å². The molecule has 0 aliphatic carbocycles. The Labute approximate surface area is 314 Å². The lowest BCUT2D eigenvalue weighted by Crippen LogP contribution is -2.02. The Kier molecular flexibility index (Phi) is 11.7. The van der Waals surface area contributed by atoms with Crippen LogP contribution in [0.15, 0.2) is 126 Å². The number of nitrogen functional groups attached to an aromatic ring is 1. The standard InChI is InChI=1S/C20H18N4O2.C12H8BrN3.C7H10N2O2/c1-25-18-9-8-16(22-20(18)26-2)12-15-13-17(14-6-4-3-5-7-14)23-24-11-10-21-19(15)24;13-10-8-11(9-4-2-1-3-5-9)15-16-7-6-14-12(10)16;1-10-5-3-4-6(8)9-7(5)11-2/h3-11,13H,12H2,1-2H3;1-8H;3-4H,1-2H3,(H2,8,9). The highest BCUT2D eigenvalue weighted by Crippen LogP contribution is 2.27. The molecule has 0 spiro atoms. The third kappa shape index (κ3) is 8.68. The van der Waals surface area contributed by atoms with Gasteiger partial charge in [0.25, 0.3) is 11.8 Å². The second-order valence-corrected chi connectivity index (χ2v) is 12.0. The zero-order chi connectivity index (χ0) is 37.2. The van der Waals surface area contributed by atoms with E-state index in [9.17, 15) is 0 Å². The number of imidazole rings is 2. The van der Waals surface area contributed by atoms with Gasteiger partial charge in [0.15, 0.2) is 22.8 Å². The maximum atomic E-state index is 5.41. The molecule has 0 fully saturated rings. The molecule has 0 saturated carbocycles. The summed E-state index contributed by atoms with van der Waals surface area (Å²) in [5, 5.41) is 9.15. The van der Waals surface area contributed by atoms with E-state index in [4.69, 9.17) is 24.7 Å². The van der Waals surface area contributed by atoms with Crippen LogP contribution in [-0.2, 0) is 6.42 Å². The predicted octanol–water partition coefficient (Wildman–Crippen LogP) is 7.24. The van der Waals surface area contributed by atoms with Gasteiger partial charge in [0.2, 0.25) is 0 Å². The van der Waals surface area contributed by atoms with E-state index in [0.29, 0.717) is 35.5 Å². The molecule has 2 N–H and O–H groups in total. The van der Waals surface area contributed by atoms with Gasteiger partial charge in [0.05, 0.1) is 44.3 Å². The summed E-state index contributed by atoms with van der Waals surface area (Å²) in [4.78, 5) is 17.1. The van der Waals surface area contributed by atoms with Gasteiger partial charge in [-0.15, -0.1) is 0 Å². The molecule has 13 nitrogen and oxygen atoms in total. The summed E-state index contributed by atoms with van der Waals surface area (Å²) in [5.41, 5.74) is 13.0. The lowest BCUT2D eigenvalue weighted by atomic mass is 10.1. The third-order valence-corrected chi connectivity index (χ3v) is 8.40. The fourth-order valence-corrected chi connectivity index (χ4v) is 5.80. The number of hydrogen-bond donors (Lipinski definition) is 1. The van der Waals surface area contributed by atoms with Gasteiger partial charge >= 0.3 is 0 Å². The van der Waals surface area contributed by atoms with Crippen LogP contribution in [0.2, 0.25) is 0 Å². The van der Waals surface area contributed by atoms with Gasteiger partial charge in [0.1, 0.15) is 5.82 Å². The molecule has 0 unspecified atom stereocenters. The van der Waals surface area contributed by atoms with E-state index in [1.54, 1.807) is 54.9 Å². The summed E-state index contributed by atoms with van der Waals surface area (Å²) in [5.74, 6) is 2.50. The minimum atomic E-state index is 0.410. The Morgan fingerprint density at radius 3 is 1.72 bits per heavy atom. The van der Waals surface area contributed by atoms with Gasteiger partial charge in [-0.2, -0.15) is 15.2 Å². The third-order valence-electron chi connectivity index (χ3n) is 7.82. The average molecular weight is 775 g/mol. The quantitative estimate of drug-likeness (QED) is 0.167. The molecule has 0 aliphatic rings. The van der Waals surface area contributed by atoms with E-state index in [0.717, 1.165) is 49.5 Å². The van der Waals surface area contributed by atoms with E-state index >= 15 is 0 Å². The first kappa shape index (κ1) is 36.3. The molecule has 0 aliphatic heterocycles. The number of fused-ring (bicyclic) bond motifs is 2. The van der Waals surface area contributed by atoms with Crippen LogP contribution in [0.25, 0.3) is 33.8 Å². The number of halogens is 1. The summed E-state index contributed by atoms with van der Waals surface area (Å²) in [6.07, 6.45) is 7.80. The van der Waals surface area contributed by atoms with Crippen molar-refractivity contribution in [3.8, 4) is 45.8 Å². The molecule has 0 amide bonds. The molecule has 0 radical (unpaired) electrons. The van der Waals surface area contributed by atoms with Crippen molar-refractivity contribution in [3.63, 3.8) is 0 Å². The van der Waals surface area contributed by atoms with Crippen LogP contribution in [0, 0.1) is 0 Å². The van der Waals surface area contributed by atoms with E-state index in [-0.39, 0.29) is 0 Å². The summed E-state index contributed by atoms with van der Waals surface area (Å²) >= 11 is 3.50. The highest BCUT2D eigenvalue weighted by atomic mass is 79.9. The fourth-order valence-electron chi connectivity index (χ4n) is 5.29. The molecule has 53 heavy (non-hydrogen) atoms. The Balaban J connectivity index is 0.000000151. The van der Waals surface area contributed by atoms with Crippen molar-refractivity contribution in [2.45, 2.75) is 6.42 Å². The van der Waals surface area contributed by atoms with Crippen molar-refractivity contribution < 1.29 is 18.9 Å². The number of anilines is 1. The summed E-state index contributed by atoms with van der Waals surface area (Å²) < 4.78 is 24.9. The average Bonchev–Trinajstić information content (AvgIpc) is 3.90. The van der Waals surface area contributed by atoms with Gasteiger partial charge in [-0.25, -0.2) is 24.0 Å². The Bertz CT molecular complexity index is 2420. The van der Waals surface area contributed by atoms with Crippen LogP contribution < -0.4 is 24.7 Å². The molecule has 0 bridgehead atoms. The van der Waals surface area contributed by atoms with Crippen LogP contribution in [0.1, 0.15) is 11.3 Å². The number of pyridine rings is 2. The summed E-state index contributed by atoms with van der Waals surface area (Å²) in [7, 11) is 6.25. The monoisotopic (exact) mass is 773 g/mol. The Morgan fingerprint density at radius 1 is 0.604 bits per heavy atom. The predicted molar refractivity (Wildman–Crippen MR) is 206 cm³/mol. The van der Waals surface area contributed by atoms with E-state index < -0.39 is 0 Å². The number of nitrogens with zero attached hydrogens (tertiary/aromatic N) is 8. The first-order chi connectivity index (χ1) is 25.9. The van der Waals surface area contributed by atoms with Crippen molar-refractivity contribution in [1.29, 1.82) is 0 Å². The molecular weight excluding hydrogens is 738 g/mol. The van der Waals surface area contributed by atoms with Crippen LogP contribution in [0.5, 0.6) is 23.3 Å². The lowest BCUT2D eigenvalue weighted by molar-refractivity contribution is 0.342. The smallest absolute Gasteiger partial charge is 0.258 e. The fraction of sp³-hybridized carbons (Fsp3) is 0.128. The zero-order valence-electron chi connectivity index (χ0n) is 29.4. The largest absolute Gasteiger partial charge is 0.491 e. The Morgan fingerprint density at radius 2 is 1.13 bits per heavy atom. The minimum Gasteiger partial charge on any atom is -0.491 e. The van der Waals surface area contributed by atoms with E-state index in [2.05, 4.69) is 52.1 Å². The van der Waals surface area contributed by atoms with Crippen molar-refractivity contribution in [1.82, 2.24) is 39.2 Å². The number of hydrogen-bond acceptors (Lipinski definition) is 11. The molecular formula is C39H36BrN9O4. The van der Waals surface area contributed by atoms with Crippen molar-refractivity contribution in [3.05, 3.63) is 138 Å². The molecule has 0 saturated heterocycles. The molecule has 268 valence electrons.